The lowest BCUT2D eigenvalue weighted by Gasteiger charge is -2.44. The number of nitrogens with zero attached hydrogens (tertiary/aromatic N) is 1. The Hall–Kier alpha value is -4.41. The van der Waals surface area contributed by atoms with E-state index in [1.807, 2.05) is 56.3 Å². The average molecular weight is 667 g/mol. The lowest BCUT2D eigenvalue weighted by molar-refractivity contribution is -0.159. The number of nitrogens with two attached hydrogens (primary N) is 1. The van der Waals surface area contributed by atoms with Gasteiger partial charge in [-0.15, -0.1) is 0 Å². The molecule has 0 aliphatic rings. The number of benzene rings is 2. The predicted octanol–water partition coefficient (Wildman–Crippen LogP) is 5.15. The van der Waals surface area contributed by atoms with Gasteiger partial charge in [-0.2, -0.15) is 0 Å². The van der Waals surface area contributed by atoms with E-state index < -0.39 is 71.1 Å². The second-order valence-electron chi connectivity index (χ2n) is 14.5. The first-order chi connectivity index (χ1) is 22.2. The highest BCUT2D eigenvalue weighted by atomic mass is 16.6. The first kappa shape index (κ1) is 39.8. The number of hydrogen-bond donors (Lipinski definition) is 3. The van der Waals surface area contributed by atoms with E-state index in [0.29, 0.717) is 12.0 Å². The molecule has 0 spiro atoms. The topological polar surface area (TPSA) is 157 Å². The minimum absolute atomic E-state index is 0.138. The van der Waals surface area contributed by atoms with Crippen LogP contribution in [0.1, 0.15) is 105 Å². The molecule has 11 nitrogen and oxygen atoms in total. The van der Waals surface area contributed by atoms with Crippen molar-refractivity contribution in [2.24, 2.45) is 5.73 Å². The number of hydrogen-bond acceptors (Lipinski definition) is 7. The molecule has 0 saturated carbocycles. The number of aryl methyl sites for hydroxylation is 1. The van der Waals surface area contributed by atoms with Crippen LogP contribution < -0.4 is 16.4 Å². The summed E-state index contributed by atoms with van der Waals surface area (Å²) in [5, 5.41) is 5.39. The Bertz CT molecular complexity index is 1410. The van der Waals surface area contributed by atoms with Gasteiger partial charge >= 0.3 is 12.1 Å². The van der Waals surface area contributed by atoms with Gasteiger partial charge in [-0.05, 0) is 84.9 Å². The fourth-order valence-electron chi connectivity index (χ4n) is 4.98. The molecule has 3 atom stereocenters. The number of primary amides is 1. The number of nitrogens with one attached hydrogen (secondary N) is 2. The lowest BCUT2D eigenvalue weighted by Crippen LogP contribution is -2.60. The van der Waals surface area contributed by atoms with Gasteiger partial charge in [0.2, 0.25) is 17.7 Å². The second-order valence-corrected chi connectivity index (χ2v) is 14.5. The van der Waals surface area contributed by atoms with Crippen LogP contribution in [0.5, 0.6) is 0 Å². The van der Waals surface area contributed by atoms with E-state index in [1.165, 1.54) is 4.90 Å². The molecule has 2 rings (SSSR count). The van der Waals surface area contributed by atoms with Crippen LogP contribution in [-0.2, 0) is 41.5 Å². The Morgan fingerprint density at radius 1 is 0.750 bits per heavy atom. The number of amides is 4. The zero-order valence-electron chi connectivity index (χ0n) is 30.1. The summed E-state index contributed by atoms with van der Waals surface area (Å²) >= 11 is 0. The molecule has 0 aromatic heterocycles. The van der Waals surface area contributed by atoms with Crippen molar-refractivity contribution in [1.82, 2.24) is 15.5 Å². The molecule has 0 aliphatic heterocycles. The molecule has 0 aliphatic carbocycles. The van der Waals surface area contributed by atoms with Gasteiger partial charge in [0.05, 0.1) is 6.42 Å². The molecule has 0 radical (unpaired) electrons. The Labute approximate surface area is 285 Å². The van der Waals surface area contributed by atoms with Crippen molar-refractivity contribution in [3.63, 3.8) is 0 Å². The van der Waals surface area contributed by atoms with Gasteiger partial charge in [-0.1, -0.05) is 68.4 Å². The van der Waals surface area contributed by atoms with Gasteiger partial charge in [-0.3, -0.25) is 14.4 Å². The molecule has 0 bridgehead atoms. The van der Waals surface area contributed by atoms with Gasteiger partial charge in [0, 0.05) is 12.0 Å². The highest BCUT2D eigenvalue weighted by Gasteiger charge is 2.44. The van der Waals surface area contributed by atoms with Crippen molar-refractivity contribution >= 4 is 29.8 Å². The van der Waals surface area contributed by atoms with Crippen molar-refractivity contribution in [2.45, 2.75) is 130 Å². The number of alkyl carbamates (subject to hydrolysis) is 1. The summed E-state index contributed by atoms with van der Waals surface area (Å²) in [6.45, 7) is 17.7. The third-order valence-corrected chi connectivity index (χ3v) is 7.65. The van der Waals surface area contributed by atoms with Crippen molar-refractivity contribution in [3.8, 4) is 0 Å². The fraction of sp³-hybridized carbons (Fsp3) is 0.541. The predicted molar refractivity (Wildman–Crippen MR) is 185 cm³/mol. The number of rotatable bonds is 14. The molecule has 264 valence electrons. The van der Waals surface area contributed by atoms with Crippen LogP contribution in [0.3, 0.4) is 0 Å². The Morgan fingerprint density at radius 2 is 1.31 bits per heavy atom. The summed E-state index contributed by atoms with van der Waals surface area (Å²) < 4.78 is 11.1. The van der Waals surface area contributed by atoms with Crippen molar-refractivity contribution in [1.29, 1.82) is 0 Å². The molecule has 3 unspecified atom stereocenters. The van der Waals surface area contributed by atoms with E-state index in [0.717, 1.165) is 17.5 Å². The molecule has 2 aromatic rings. The third-order valence-electron chi connectivity index (χ3n) is 7.65. The number of ether oxygens (including phenoxy) is 2. The molecular weight excluding hydrogens is 612 g/mol. The molecule has 0 saturated heterocycles. The zero-order chi connectivity index (χ0) is 36.4. The second kappa shape index (κ2) is 16.6. The number of carbonyl (C=O) groups excluding carboxylic acids is 5. The standard InChI is InChI=1S/C37H54N4O7/c1-11-24-18-20-26(21-19-24)30(31(43)39-28(33(45)47-35(3,4)5)22-25-16-14-13-15-17-25)41(37(9,10)12-2)32(44)27(23-29(38)42)40-34(46)48-36(6,7)8/h13-21,27-28,30H,11-12,22-23H2,1-10H3,(H2,38,42)(H,39,43)(H,40,46). The van der Waals surface area contributed by atoms with Crippen molar-refractivity contribution in [2.75, 3.05) is 0 Å². The first-order valence-electron chi connectivity index (χ1n) is 16.4. The van der Waals surface area contributed by atoms with Gasteiger partial charge < -0.3 is 30.7 Å². The quantitative estimate of drug-likeness (QED) is 0.236. The minimum Gasteiger partial charge on any atom is -0.458 e. The van der Waals surface area contributed by atoms with Gasteiger partial charge in [0.15, 0.2) is 0 Å². The monoisotopic (exact) mass is 666 g/mol. The van der Waals surface area contributed by atoms with Crippen LogP contribution in [0.25, 0.3) is 0 Å². The largest absolute Gasteiger partial charge is 0.458 e. The summed E-state index contributed by atoms with van der Waals surface area (Å²) in [5.74, 6) is -2.83. The Morgan fingerprint density at radius 3 is 1.79 bits per heavy atom. The van der Waals surface area contributed by atoms with E-state index in [4.69, 9.17) is 15.2 Å². The van der Waals surface area contributed by atoms with Gasteiger partial charge in [0.25, 0.3) is 0 Å². The molecular formula is C37H54N4O7. The van der Waals surface area contributed by atoms with E-state index >= 15 is 0 Å². The molecule has 0 heterocycles. The van der Waals surface area contributed by atoms with Crippen LogP contribution in [0.2, 0.25) is 0 Å². The van der Waals surface area contributed by atoms with E-state index in [-0.39, 0.29) is 6.42 Å². The number of esters is 1. The molecule has 4 amide bonds. The molecule has 4 N–H and O–H groups in total. The van der Waals surface area contributed by atoms with Gasteiger partial charge in [-0.25, -0.2) is 9.59 Å². The molecule has 0 fully saturated rings. The maximum absolute atomic E-state index is 14.6. The molecule has 48 heavy (non-hydrogen) atoms. The summed E-state index contributed by atoms with van der Waals surface area (Å²) in [6, 6.07) is 12.6. The maximum atomic E-state index is 14.6. The molecule has 11 heteroatoms. The summed E-state index contributed by atoms with van der Waals surface area (Å²) in [5.41, 5.74) is 5.12. The van der Waals surface area contributed by atoms with E-state index in [1.54, 1.807) is 67.5 Å². The third kappa shape index (κ3) is 12.3. The minimum atomic E-state index is -1.45. The van der Waals surface area contributed by atoms with Crippen LogP contribution in [0.15, 0.2) is 54.6 Å². The Kier molecular flexibility index (Phi) is 13.8. The summed E-state index contributed by atoms with van der Waals surface area (Å²) in [4.78, 5) is 69.2. The zero-order valence-corrected chi connectivity index (χ0v) is 30.1. The van der Waals surface area contributed by atoms with E-state index in [9.17, 15) is 24.0 Å². The van der Waals surface area contributed by atoms with Crippen LogP contribution in [-0.4, -0.2) is 63.5 Å². The maximum Gasteiger partial charge on any atom is 0.408 e. The van der Waals surface area contributed by atoms with Crippen molar-refractivity contribution in [3.05, 3.63) is 71.3 Å². The lowest BCUT2D eigenvalue weighted by atomic mass is 9.91. The van der Waals surface area contributed by atoms with Crippen LogP contribution in [0, 0.1) is 0 Å². The van der Waals surface area contributed by atoms with Crippen LogP contribution >= 0.6 is 0 Å². The van der Waals surface area contributed by atoms with Gasteiger partial charge in [0.1, 0.15) is 29.3 Å². The van der Waals surface area contributed by atoms with Crippen LogP contribution in [0.4, 0.5) is 4.79 Å². The highest BCUT2D eigenvalue weighted by molar-refractivity contribution is 5.96. The number of carbonyl (C=O) groups is 5. The normalized spacial score (nSPS) is 13.8. The highest BCUT2D eigenvalue weighted by Crippen LogP contribution is 2.33. The van der Waals surface area contributed by atoms with E-state index in [2.05, 4.69) is 10.6 Å². The summed E-state index contributed by atoms with van der Waals surface area (Å²) in [6.07, 6.45) is -0.175. The fourth-order valence-corrected chi connectivity index (χ4v) is 4.98. The first-order valence-corrected chi connectivity index (χ1v) is 16.4. The SMILES string of the molecule is CCc1ccc(C(C(=O)NC(Cc2ccccc2)C(=O)OC(C)(C)C)N(C(=O)C(CC(N)=O)NC(=O)OC(C)(C)C)C(C)(C)CC)cc1. The summed E-state index contributed by atoms with van der Waals surface area (Å²) in [7, 11) is 0. The Balaban J connectivity index is 2.72. The van der Waals surface area contributed by atoms with Crippen molar-refractivity contribution < 1.29 is 33.4 Å². The smallest absolute Gasteiger partial charge is 0.408 e. The average Bonchev–Trinajstić information content (AvgIpc) is 2.97. The molecule has 2 aromatic carbocycles.